The summed E-state index contributed by atoms with van der Waals surface area (Å²) in [5.41, 5.74) is -0.261. The molecule has 0 aliphatic heterocycles. The van der Waals surface area contributed by atoms with Gasteiger partial charge in [0.1, 0.15) is 11.3 Å². The van der Waals surface area contributed by atoms with Gasteiger partial charge in [0.05, 0.1) is 0 Å². The highest BCUT2D eigenvalue weighted by molar-refractivity contribution is 5.68. The van der Waals surface area contributed by atoms with Crippen molar-refractivity contribution in [2.45, 2.75) is 46.5 Å². The van der Waals surface area contributed by atoms with E-state index < -0.39 is 11.2 Å². The standard InChI is InChI=1S/C14H22N4O2/c1-7(2)5-9(6-8(3)4)11-15-10-12(16-11)17-14(20)18-13(10)19/h7-9H,5-6H2,1-4H3,(H3,15,16,17,18,19,20). The lowest BCUT2D eigenvalue weighted by atomic mass is 9.89. The van der Waals surface area contributed by atoms with Crippen LogP contribution in [-0.2, 0) is 0 Å². The van der Waals surface area contributed by atoms with Crippen LogP contribution in [0.2, 0.25) is 0 Å². The average molecular weight is 278 g/mol. The van der Waals surface area contributed by atoms with Gasteiger partial charge in [0.25, 0.3) is 5.56 Å². The van der Waals surface area contributed by atoms with Crippen LogP contribution in [0.4, 0.5) is 0 Å². The molecule has 0 radical (unpaired) electrons. The molecule has 0 unspecified atom stereocenters. The first-order chi connectivity index (χ1) is 9.36. The highest BCUT2D eigenvalue weighted by Gasteiger charge is 2.20. The number of nitrogens with one attached hydrogen (secondary N) is 3. The number of nitrogens with zero attached hydrogens (tertiary/aromatic N) is 1. The van der Waals surface area contributed by atoms with Crippen LogP contribution in [0.1, 0.15) is 52.3 Å². The van der Waals surface area contributed by atoms with E-state index in [0.717, 1.165) is 18.7 Å². The van der Waals surface area contributed by atoms with Gasteiger partial charge in [-0.05, 0) is 24.7 Å². The molecule has 6 nitrogen and oxygen atoms in total. The van der Waals surface area contributed by atoms with Gasteiger partial charge < -0.3 is 4.98 Å². The topological polar surface area (TPSA) is 94.4 Å². The molecule has 20 heavy (non-hydrogen) atoms. The molecule has 0 spiro atoms. The molecular weight excluding hydrogens is 256 g/mol. The van der Waals surface area contributed by atoms with Gasteiger partial charge in [0, 0.05) is 5.92 Å². The lowest BCUT2D eigenvalue weighted by Gasteiger charge is -2.18. The number of hydrogen-bond acceptors (Lipinski definition) is 3. The maximum atomic E-state index is 11.7. The SMILES string of the molecule is CC(C)CC(CC(C)C)c1nc2[nH]c(=O)[nH]c(=O)c2[nH]1. The average Bonchev–Trinajstić information content (AvgIpc) is 2.70. The summed E-state index contributed by atoms with van der Waals surface area (Å²) in [7, 11) is 0. The van der Waals surface area contributed by atoms with E-state index in [0.29, 0.717) is 23.0 Å². The van der Waals surface area contributed by atoms with E-state index in [1.807, 2.05) is 0 Å². The van der Waals surface area contributed by atoms with Gasteiger partial charge in [-0.1, -0.05) is 27.7 Å². The van der Waals surface area contributed by atoms with Crippen molar-refractivity contribution < 1.29 is 0 Å². The Morgan fingerprint density at radius 3 is 2.10 bits per heavy atom. The zero-order valence-electron chi connectivity index (χ0n) is 12.4. The van der Waals surface area contributed by atoms with Crippen molar-refractivity contribution >= 4 is 11.2 Å². The highest BCUT2D eigenvalue weighted by atomic mass is 16.2. The van der Waals surface area contributed by atoms with Gasteiger partial charge in [-0.15, -0.1) is 0 Å². The van der Waals surface area contributed by atoms with E-state index in [9.17, 15) is 9.59 Å². The van der Waals surface area contributed by atoms with Crippen LogP contribution in [0.5, 0.6) is 0 Å². The Morgan fingerprint density at radius 1 is 0.950 bits per heavy atom. The molecule has 0 aliphatic rings. The van der Waals surface area contributed by atoms with Gasteiger partial charge in [-0.25, -0.2) is 9.78 Å². The van der Waals surface area contributed by atoms with Crippen molar-refractivity contribution in [1.29, 1.82) is 0 Å². The van der Waals surface area contributed by atoms with Crippen LogP contribution in [0.15, 0.2) is 9.59 Å². The second-order valence-electron chi connectivity index (χ2n) is 6.21. The monoisotopic (exact) mass is 278 g/mol. The molecule has 0 fully saturated rings. The van der Waals surface area contributed by atoms with Crippen LogP contribution in [-0.4, -0.2) is 19.9 Å². The Bertz CT molecular complexity index is 683. The van der Waals surface area contributed by atoms with Crippen LogP contribution >= 0.6 is 0 Å². The molecule has 2 heterocycles. The van der Waals surface area contributed by atoms with Crippen molar-refractivity contribution in [3.63, 3.8) is 0 Å². The van der Waals surface area contributed by atoms with E-state index in [4.69, 9.17) is 0 Å². The fourth-order valence-electron chi connectivity index (χ4n) is 2.60. The summed E-state index contributed by atoms with van der Waals surface area (Å²) in [6.07, 6.45) is 2.00. The Hall–Kier alpha value is -1.85. The fourth-order valence-corrected chi connectivity index (χ4v) is 2.60. The molecule has 6 heteroatoms. The molecule has 0 bridgehead atoms. The Labute approximate surface area is 117 Å². The third-order valence-corrected chi connectivity index (χ3v) is 3.31. The largest absolute Gasteiger partial charge is 0.336 e. The number of aromatic nitrogens is 4. The lowest BCUT2D eigenvalue weighted by Crippen LogP contribution is -2.21. The number of imidazole rings is 1. The van der Waals surface area contributed by atoms with Crippen LogP contribution in [0.25, 0.3) is 11.2 Å². The number of H-pyrrole nitrogens is 3. The van der Waals surface area contributed by atoms with Gasteiger partial charge in [0.15, 0.2) is 5.65 Å². The maximum absolute atomic E-state index is 11.7. The van der Waals surface area contributed by atoms with Crippen molar-refractivity contribution in [3.8, 4) is 0 Å². The van der Waals surface area contributed by atoms with Gasteiger partial charge in [-0.3, -0.25) is 14.8 Å². The van der Waals surface area contributed by atoms with Crippen molar-refractivity contribution in [1.82, 2.24) is 19.9 Å². The summed E-state index contributed by atoms with van der Waals surface area (Å²) in [6.45, 7) is 8.69. The predicted molar refractivity (Wildman–Crippen MR) is 79.0 cm³/mol. The summed E-state index contributed by atoms with van der Waals surface area (Å²) in [4.78, 5) is 35.3. The number of fused-ring (bicyclic) bond motifs is 1. The molecule has 2 aromatic heterocycles. The molecular formula is C14H22N4O2. The first-order valence-corrected chi connectivity index (χ1v) is 7.09. The van der Waals surface area contributed by atoms with E-state index in [1.165, 1.54) is 0 Å². The van der Waals surface area contributed by atoms with Crippen molar-refractivity contribution in [3.05, 3.63) is 26.7 Å². The quantitative estimate of drug-likeness (QED) is 0.781. The molecule has 0 aliphatic carbocycles. The van der Waals surface area contributed by atoms with Crippen LogP contribution in [0, 0.1) is 11.8 Å². The summed E-state index contributed by atoms with van der Waals surface area (Å²) >= 11 is 0. The minimum atomic E-state index is -0.523. The second-order valence-corrected chi connectivity index (χ2v) is 6.21. The number of hydrogen-bond donors (Lipinski definition) is 3. The third kappa shape index (κ3) is 3.18. The predicted octanol–water partition coefficient (Wildman–Crippen LogP) is 2.12. The zero-order valence-corrected chi connectivity index (χ0v) is 12.4. The Morgan fingerprint density at radius 2 is 1.55 bits per heavy atom. The van der Waals surface area contributed by atoms with Crippen LogP contribution < -0.4 is 11.2 Å². The van der Waals surface area contributed by atoms with E-state index in [-0.39, 0.29) is 5.92 Å². The molecule has 0 aromatic carbocycles. The summed E-state index contributed by atoms with van der Waals surface area (Å²) in [6, 6.07) is 0. The van der Waals surface area contributed by atoms with Gasteiger partial charge in [-0.2, -0.15) is 0 Å². The minimum absolute atomic E-state index is 0.269. The van der Waals surface area contributed by atoms with E-state index >= 15 is 0 Å². The molecule has 2 rings (SSSR count). The molecule has 0 saturated carbocycles. The molecule has 0 saturated heterocycles. The smallest absolute Gasteiger partial charge is 0.327 e. The van der Waals surface area contributed by atoms with Crippen molar-refractivity contribution in [2.75, 3.05) is 0 Å². The first kappa shape index (κ1) is 14.6. The molecule has 110 valence electrons. The highest BCUT2D eigenvalue weighted by Crippen LogP contribution is 2.28. The Kier molecular flexibility index (Phi) is 4.11. The third-order valence-electron chi connectivity index (χ3n) is 3.31. The summed E-state index contributed by atoms with van der Waals surface area (Å²) < 4.78 is 0. The summed E-state index contributed by atoms with van der Waals surface area (Å²) in [5, 5.41) is 0. The van der Waals surface area contributed by atoms with Gasteiger partial charge in [0.2, 0.25) is 0 Å². The minimum Gasteiger partial charge on any atom is -0.336 e. The maximum Gasteiger partial charge on any atom is 0.327 e. The molecule has 2 aromatic rings. The second kappa shape index (κ2) is 5.64. The first-order valence-electron chi connectivity index (χ1n) is 7.09. The normalized spacial score (nSPS) is 12.2. The Balaban J connectivity index is 2.45. The van der Waals surface area contributed by atoms with Crippen LogP contribution in [0.3, 0.4) is 0 Å². The van der Waals surface area contributed by atoms with E-state index in [1.54, 1.807) is 0 Å². The molecule has 3 N–H and O–H groups in total. The molecule has 0 atom stereocenters. The van der Waals surface area contributed by atoms with Crippen molar-refractivity contribution in [2.24, 2.45) is 11.8 Å². The fraction of sp³-hybridized carbons (Fsp3) is 0.643. The van der Waals surface area contributed by atoms with Gasteiger partial charge >= 0.3 is 5.69 Å². The number of aromatic amines is 3. The van der Waals surface area contributed by atoms with E-state index in [2.05, 4.69) is 47.6 Å². The summed E-state index contributed by atoms with van der Waals surface area (Å²) in [5.74, 6) is 2.15. The lowest BCUT2D eigenvalue weighted by molar-refractivity contribution is 0.412. The molecule has 0 amide bonds. The zero-order chi connectivity index (χ0) is 14.9. The number of rotatable bonds is 5.